The average Bonchev–Trinajstić information content (AvgIpc) is 2.75. The van der Waals surface area contributed by atoms with Crippen LogP contribution in [0.3, 0.4) is 0 Å². The molecule has 0 spiro atoms. The number of piperidine rings is 1. The molecule has 6 heteroatoms. The van der Waals surface area contributed by atoms with Gasteiger partial charge in [-0.3, -0.25) is 9.69 Å². The summed E-state index contributed by atoms with van der Waals surface area (Å²) in [4.78, 5) is 17.4. The van der Waals surface area contributed by atoms with Crippen molar-refractivity contribution in [3.05, 3.63) is 11.7 Å². The molecule has 2 heterocycles. The number of carbonyl (C=O) groups is 1. The number of carboxylic acids is 1. The quantitative estimate of drug-likeness (QED) is 0.858. The molecule has 1 aliphatic heterocycles. The van der Waals surface area contributed by atoms with Gasteiger partial charge in [-0.05, 0) is 31.2 Å². The number of nitrogens with zero attached hydrogens (tertiary/aromatic N) is 3. The largest absolute Gasteiger partial charge is 0.481 e. The second kappa shape index (κ2) is 6.83. The summed E-state index contributed by atoms with van der Waals surface area (Å²) in [5, 5.41) is 12.9. The molecule has 6 nitrogen and oxygen atoms in total. The monoisotopic (exact) mass is 281 g/mol. The summed E-state index contributed by atoms with van der Waals surface area (Å²) in [6.45, 7) is 6.64. The molecule has 2 rings (SSSR count). The van der Waals surface area contributed by atoms with E-state index in [4.69, 9.17) is 9.63 Å². The number of likely N-dealkylation sites (tertiary alicyclic amines) is 1. The molecule has 0 amide bonds. The molecule has 0 aromatic carbocycles. The summed E-state index contributed by atoms with van der Waals surface area (Å²) in [5.41, 5.74) is 0. The minimum Gasteiger partial charge on any atom is -0.481 e. The van der Waals surface area contributed by atoms with E-state index in [1.165, 1.54) is 0 Å². The second-order valence-electron chi connectivity index (χ2n) is 6.04. The average molecular weight is 281 g/mol. The van der Waals surface area contributed by atoms with Gasteiger partial charge in [0.25, 0.3) is 0 Å². The van der Waals surface area contributed by atoms with Gasteiger partial charge in [0.1, 0.15) is 0 Å². The van der Waals surface area contributed by atoms with Crippen molar-refractivity contribution in [2.75, 3.05) is 13.1 Å². The van der Waals surface area contributed by atoms with Gasteiger partial charge in [-0.15, -0.1) is 0 Å². The van der Waals surface area contributed by atoms with Gasteiger partial charge in [-0.2, -0.15) is 4.98 Å². The van der Waals surface area contributed by atoms with Crippen molar-refractivity contribution in [3.63, 3.8) is 0 Å². The Hall–Kier alpha value is -1.43. The lowest BCUT2D eigenvalue weighted by molar-refractivity contribution is -0.138. The highest BCUT2D eigenvalue weighted by molar-refractivity contribution is 5.67. The van der Waals surface area contributed by atoms with Gasteiger partial charge >= 0.3 is 5.97 Å². The van der Waals surface area contributed by atoms with Crippen molar-refractivity contribution in [1.82, 2.24) is 15.0 Å². The first-order valence-electron chi connectivity index (χ1n) is 7.28. The number of hydrogen-bond donors (Lipinski definition) is 1. The molecule has 1 N–H and O–H groups in total. The van der Waals surface area contributed by atoms with Crippen LogP contribution in [0.25, 0.3) is 0 Å². The van der Waals surface area contributed by atoms with Crippen molar-refractivity contribution in [3.8, 4) is 0 Å². The maximum atomic E-state index is 10.8. The fraction of sp³-hybridized carbons (Fsp3) is 0.786. The lowest BCUT2D eigenvalue weighted by Crippen LogP contribution is -2.35. The SMILES string of the molecule is CC(C)Cc1noc(CN2CCCC(CC(=O)O)C2)n1. The lowest BCUT2D eigenvalue weighted by atomic mass is 9.95. The Morgan fingerprint density at radius 3 is 3.05 bits per heavy atom. The highest BCUT2D eigenvalue weighted by Crippen LogP contribution is 2.21. The van der Waals surface area contributed by atoms with Crippen LogP contribution in [0, 0.1) is 11.8 Å². The van der Waals surface area contributed by atoms with Crippen molar-refractivity contribution in [1.29, 1.82) is 0 Å². The minimum atomic E-state index is -0.714. The lowest BCUT2D eigenvalue weighted by Gasteiger charge is -2.30. The van der Waals surface area contributed by atoms with Gasteiger partial charge in [0, 0.05) is 19.4 Å². The van der Waals surface area contributed by atoms with E-state index in [0.29, 0.717) is 18.4 Å². The number of aromatic nitrogens is 2. The first-order valence-corrected chi connectivity index (χ1v) is 7.28. The molecule has 0 bridgehead atoms. The summed E-state index contributed by atoms with van der Waals surface area (Å²) in [6, 6.07) is 0. The molecule has 20 heavy (non-hydrogen) atoms. The first-order chi connectivity index (χ1) is 9.52. The topological polar surface area (TPSA) is 79.5 Å². The first kappa shape index (κ1) is 15.0. The number of aliphatic carboxylic acids is 1. The fourth-order valence-corrected chi connectivity index (χ4v) is 2.70. The van der Waals surface area contributed by atoms with Crippen LogP contribution in [0.4, 0.5) is 0 Å². The molecule has 1 unspecified atom stereocenters. The minimum absolute atomic E-state index is 0.235. The van der Waals surface area contributed by atoms with E-state index in [-0.39, 0.29) is 12.3 Å². The van der Waals surface area contributed by atoms with Crippen LogP contribution in [0.5, 0.6) is 0 Å². The van der Waals surface area contributed by atoms with Gasteiger partial charge in [0.05, 0.1) is 6.54 Å². The molecule has 0 aliphatic carbocycles. The maximum absolute atomic E-state index is 10.8. The molecule has 1 aliphatic rings. The molecule has 0 saturated carbocycles. The van der Waals surface area contributed by atoms with Gasteiger partial charge in [-0.25, -0.2) is 0 Å². The molecule has 1 fully saturated rings. The molecule has 112 valence electrons. The Kier molecular flexibility index (Phi) is 5.11. The fourth-order valence-electron chi connectivity index (χ4n) is 2.70. The highest BCUT2D eigenvalue weighted by Gasteiger charge is 2.23. The Bertz CT molecular complexity index is 445. The van der Waals surface area contributed by atoms with Gasteiger partial charge < -0.3 is 9.63 Å². The van der Waals surface area contributed by atoms with Crippen LogP contribution in [0.1, 0.15) is 44.8 Å². The zero-order valence-electron chi connectivity index (χ0n) is 12.2. The summed E-state index contributed by atoms with van der Waals surface area (Å²) in [7, 11) is 0. The Morgan fingerprint density at radius 1 is 1.55 bits per heavy atom. The van der Waals surface area contributed by atoms with E-state index in [2.05, 4.69) is 28.9 Å². The van der Waals surface area contributed by atoms with Gasteiger partial charge in [0.2, 0.25) is 5.89 Å². The van der Waals surface area contributed by atoms with E-state index in [0.717, 1.165) is 38.2 Å². The van der Waals surface area contributed by atoms with Gasteiger partial charge in [0.15, 0.2) is 5.82 Å². The summed E-state index contributed by atoms with van der Waals surface area (Å²) < 4.78 is 5.27. The summed E-state index contributed by atoms with van der Waals surface area (Å²) >= 11 is 0. The molecule has 1 aromatic rings. The predicted octanol–water partition coefficient (Wildman–Crippen LogP) is 1.95. The van der Waals surface area contributed by atoms with Crippen molar-refractivity contribution in [2.24, 2.45) is 11.8 Å². The zero-order chi connectivity index (χ0) is 14.5. The Morgan fingerprint density at radius 2 is 2.35 bits per heavy atom. The number of rotatable bonds is 6. The summed E-state index contributed by atoms with van der Waals surface area (Å²) in [5.74, 6) is 1.43. The Labute approximate surface area is 119 Å². The normalized spacial score (nSPS) is 20.4. The molecule has 1 atom stereocenters. The van der Waals surface area contributed by atoms with E-state index in [1.54, 1.807) is 0 Å². The molecule has 1 saturated heterocycles. The van der Waals surface area contributed by atoms with E-state index >= 15 is 0 Å². The van der Waals surface area contributed by atoms with E-state index in [9.17, 15) is 4.79 Å². The van der Waals surface area contributed by atoms with Crippen molar-refractivity contribution >= 4 is 5.97 Å². The van der Waals surface area contributed by atoms with Crippen molar-refractivity contribution < 1.29 is 14.4 Å². The second-order valence-corrected chi connectivity index (χ2v) is 6.04. The molecule has 0 radical (unpaired) electrons. The standard InChI is InChI=1S/C14H23N3O3/c1-10(2)6-12-15-13(20-16-12)9-17-5-3-4-11(8-17)7-14(18)19/h10-11H,3-9H2,1-2H3,(H,18,19). The zero-order valence-corrected chi connectivity index (χ0v) is 12.2. The van der Waals surface area contributed by atoms with Crippen LogP contribution in [-0.4, -0.2) is 39.2 Å². The molecular weight excluding hydrogens is 258 g/mol. The number of hydrogen-bond acceptors (Lipinski definition) is 5. The predicted molar refractivity (Wildman–Crippen MR) is 73.1 cm³/mol. The number of carboxylic acid groups (broad SMARTS) is 1. The van der Waals surface area contributed by atoms with Crippen molar-refractivity contribution in [2.45, 2.75) is 46.1 Å². The third-order valence-corrected chi connectivity index (χ3v) is 3.53. The van der Waals surface area contributed by atoms with E-state index < -0.39 is 5.97 Å². The van der Waals surface area contributed by atoms with Crippen LogP contribution >= 0.6 is 0 Å². The maximum Gasteiger partial charge on any atom is 0.303 e. The summed E-state index contributed by atoms with van der Waals surface area (Å²) in [6.07, 6.45) is 3.10. The third-order valence-electron chi connectivity index (χ3n) is 3.53. The molecular formula is C14H23N3O3. The van der Waals surface area contributed by atoms with Gasteiger partial charge in [-0.1, -0.05) is 19.0 Å². The third kappa shape index (κ3) is 4.59. The van der Waals surface area contributed by atoms with Crippen LogP contribution in [0.15, 0.2) is 4.52 Å². The van der Waals surface area contributed by atoms with Crippen LogP contribution < -0.4 is 0 Å². The highest BCUT2D eigenvalue weighted by atomic mass is 16.5. The van der Waals surface area contributed by atoms with E-state index in [1.807, 2.05) is 0 Å². The van der Waals surface area contributed by atoms with Crippen LogP contribution in [-0.2, 0) is 17.8 Å². The Balaban J connectivity index is 1.86. The smallest absolute Gasteiger partial charge is 0.303 e. The van der Waals surface area contributed by atoms with Crippen LogP contribution in [0.2, 0.25) is 0 Å². The molecule has 1 aromatic heterocycles.